The number of hydrogen-bond acceptors (Lipinski definition) is 10. The van der Waals surface area contributed by atoms with E-state index in [1.54, 1.807) is 13.8 Å². The van der Waals surface area contributed by atoms with Crippen molar-refractivity contribution in [2.45, 2.75) is 19.0 Å². The minimum Gasteiger partial charge on any atom is -0.465 e. The minimum atomic E-state index is -0.679. The molecular formula is C17H19N3O7S2. The highest BCUT2D eigenvalue weighted by Crippen LogP contribution is 2.34. The summed E-state index contributed by atoms with van der Waals surface area (Å²) in [6.45, 7) is 3.49. The van der Waals surface area contributed by atoms with E-state index in [9.17, 15) is 19.2 Å². The minimum absolute atomic E-state index is 0.0547. The lowest BCUT2D eigenvalue weighted by molar-refractivity contribution is -0.113. The molecule has 2 rings (SSSR count). The summed E-state index contributed by atoms with van der Waals surface area (Å²) in [5, 5.41) is 3.15. The van der Waals surface area contributed by atoms with Gasteiger partial charge in [-0.2, -0.15) is 0 Å². The maximum Gasteiger partial charge on any atom is 0.356 e. The van der Waals surface area contributed by atoms with Gasteiger partial charge in [-0.15, -0.1) is 11.3 Å². The van der Waals surface area contributed by atoms with Gasteiger partial charge in [0.25, 0.3) is 0 Å². The fraction of sp³-hybridized carbons (Fsp3) is 0.353. The third-order valence-corrected chi connectivity index (χ3v) is 5.62. The molecule has 10 nitrogen and oxygen atoms in total. The van der Waals surface area contributed by atoms with Crippen LogP contribution in [-0.4, -0.2) is 60.4 Å². The van der Waals surface area contributed by atoms with Gasteiger partial charge in [0, 0.05) is 0 Å². The third-order valence-electron chi connectivity index (χ3n) is 3.55. The molecule has 2 aromatic heterocycles. The first-order chi connectivity index (χ1) is 13.8. The predicted octanol–water partition coefficient (Wildman–Crippen LogP) is 2.26. The number of anilines is 1. The second-order valence-electron chi connectivity index (χ2n) is 5.40. The van der Waals surface area contributed by atoms with E-state index in [4.69, 9.17) is 14.2 Å². The van der Waals surface area contributed by atoms with Crippen LogP contribution in [0.5, 0.6) is 0 Å². The Kier molecular flexibility index (Phi) is 7.79. The first kappa shape index (κ1) is 22.4. The second-order valence-corrected chi connectivity index (χ2v) is 7.39. The Labute approximate surface area is 174 Å². The van der Waals surface area contributed by atoms with Gasteiger partial charge in [-0.3, -0.25) is 4.79 Å². The zero-order valence-corrected chi connectivity index (χ0v) is 17.7. The van der Waals surface area contributed by atoms with Gasteiger partial charge >= 0.3 is 17.9 Å². The molecular weight excluding hydrogens is 422 g/mol. The summed E-state index contributed by atoms with van der Waals surface area (Å²) in [5.41, 5.74) is 0.639. The van der Waals surface area contributed by atoms with Gasteiger partial charge in [0.2, 0.25) is 5.91 Å². The number of hydrogen-bond donors (Lipinski definition) is 2. The average molecular weight is 441 g/mol. The zero-order chi connectivity index (χ0) is 21.6. The number of methoxy groups -OCH3 is 2. The average Bonchev–Trinajstić information content (AvgIpc) is 3.30. The summed E-state index contributed by atoms with van der Waals surface area (Å²) in [6, 6.07) is 0. The third kappa shape index (κ3) is 5.35. The summed E-state index contributed by atoms with van der Waals surface area (Å²) < 4.78 is 14.3. The van der Waals surface area contributed by atoms with Crippen molar-refractivity contribution in [2.24, 2.45) is 0 Å². The summed E-state index contributed by atoms with van der Waals surface area (Å²) >= 11 is 1.98. The Morgan fingerprint density at radius 2 is 1.86 bits per heavy atom. The quantitative estimate of drug-likeness (QED) is 0.359. The van der Waals surface area contributed by atoms with E-state index in [-0.39, 0.29) is 33.5 Å². The number of esters is 3. The normalized spacial score (nSPS) is 10.3. The van der Waals surface area contributed by atoms with Crippen LogP contribution in [0.15, 0.2) is 11.4 Å². The lowest BCUT2D eigenvalue weighted by Gasteiger charge is -2.05. The molecule has 0 aliphatic heterocycles. The number of ether oxygens (including phenoxy) is 3. The lowest BCUT2D eigenvalue weighted by Crippen LogP contribution is -2.16. The van der Waals surface area contributed by atoms with Crippen LogP contribution in [0, 0.1) is 6.92 Å². The number of amides is 1. The number of thioether (sulfide) groups is 1. The maximum absolute atomic E-state index is 12.3. The number of nitrogens with one attached hydrogen (secondary N) is 2. The van der Waals surface area contributed by atoms with E-state index < -0.39 is 23.8 Å². The number of aromatic nitrogens is 2. The van der Waals surface area contributed by atoms with Gasteiger partial charge in [0.1, 0.15) is 15.6 Å². The standard InChI is InChI=1S/C17H19N3O7S2/c1-5-27-14(22)9-6-18-17(19-9)28-7-10(21)20-13-11(15(23)25-3)8(2)12(29-13)16(24)26-4/h6H,5,7H2,1-4H3,(H,18,19)(H,20,21). The molecule has 0 unspecified atom stereocenters. The molecule has 2 heterocycles. The van der Waals surface area contributed by atoms with Crippen molar-refractivity contribution >= 4 is 51.9 Å². The fourth-order valence-corrected chi connectivity index (χ4v) is 4.00. The molecule has 156 valence electrons. The largest absolute Gasteiger partial charge is 0.465 e. The van der Waals surface area contributed by atoms with E-state index in [2.05, 4.69) is 15.3 Å². The Balaban J connectivity index is 2.09. The van der Waals surface area contributed by atoms with Gasteiger partial charge in [-0.25, -0.2) is 19.4 Å². The van der Waals surface area contributed by atoms with Gasteiger partial charge in [-0.05, 0) is 19.4 Å². The van der Waals surface area contributed by atoms with Gasteiger partial charge in [0.15, 0.2) is 5.16 Å². The Bertz CT molecular complexity index is 936. The number of thiophene rings is 1. The summed E-state index contributed by atoms with van der Waals surface area (Å²) in [4.78, 5) is 54.9. The van der Waals surface area contributed by atoms with E-state index >= 15 is 0 Å². The zero-order valence-electron chi connectivity index (χ0n) is 16.1. The molecule has 0 bridgehead atoms. The Morgan fingerprint density at radius 3 is 2.48 bits per heavy atom. The van der Waals surface area contributed by atoms with E-state index in [1.807, 2.05) is 0 Å². The van der Waals surface area contributed by atoms with Gasteiger partial charge in [-0.1, -0.05) is 11.8 Å². The monoisotopic (exact) mass is 441 g/mol. The lowest BCUT2D eigenvalue weighted by atomic mass is 10.1. The first-order valence-electron chi connectivity index (χ1n) is 8.27. The molecule has 0 saturated heterocycles. The van der Waals surface area contributed by atoms with Crippen LogP contribution in [-0.2, 0) is 19.0 Å². The van der Waals surface area contributed by atoms with E-state index in [0.29, 0.717) is 10.7 Å². The van der Waals surface area contributed by atoms with Crippen molar-refractivity contribution in [3.8, 4) is 0 Å². The molecule has 0 aromatic carbocycles. The second kappa shape index (κ2) is 10.1. The Morgan fingerprint density at radius 1 is 1.17 bits per heavy atom. The number of carbonyl (C=O) groups is 4. The Hall–Kier alpha value is -2.86. The number of nitrogens with zero attached hydrogens (tertiary/aromatic N) is 1. The van der Waals surface area contributed by atoms with Crippen LogP contribution in [0.3, 0.4) is 0 Å². The number of H-pyrrole nitrogens is 1. The van der Waals surface area contributed by atoms with Crippen LogP contribution < -0.4 is 5.32 Å². The van der Waals surface area contributed by atoms with Crippen molar-refractivity contribution in [1.82, 2.24) is 9.97 Å². The van der Waals surface area contributed by atoms with Crippen molar-refractivity contribution in [3.63, 3.8) is 0 Å². The van der Waals surface area contributed by atoms with Crippen molar-refractivity contribution < 1.29 is 33.4 Å². The molecule has 0 saturated carbocycles. The molecule has 1 amide bonds. The molecule has 2 aromatic rings. The molecule has 0 aliphatic carbocycles. The van der Waals surface area contributed by atoms with Crippen molar-refractivity contribution in [3.05, 3.63) is 27.9 Å². The van der Waals surface area contributed by atoms with Crippen LogP contribution in [0.25, 0.3) is 0 Å². The summed E-state index contributed by atoms with van der Waals surface area (Å²) in [5.74, 6) is -2.33. The fourth-order valence-electron chi connectivity index (χ4n) is 2.22. The molecule has 0 radical (unpaired) electrons. The van der Waals surface area contributed by atoms with E-state index in [1.165, 1.54) is 20.4 Å². The molecule has 0 atom stereocenters. The van der Waals surface area contributed by atoms with E-state index in [0.717, 1.165) is 23.1 Å². The highest BCUT2D eigenvalue weighted by molar-refractivity contribution is 7.99. The first-order valence-corrected chi connectivity index (χ1v) is 10.1. The van der Waals surface area contributed by atoms with Crippen molar-refractivity contribution in [2.75, 3.05) is 31.9 Å². The van der Waals surface area contributed by atoms with Crippen molar-refractivity contribution in [1.29, 1.82) is 0 Å². The number of imidazole rings is 1. The molecule has 0 fully saturated rings. The summed E-state index contributed by atoms with van der Waals surface area (Å²) in [6.07, 6.45) is 1.32. The number of aromatic amines is 1. The van der Waals surface area contributed by atoms with Crippen LogP contribution in [0.1, 0.15) is 43.0 Å². The van der Waals surface area contributed by atoms with Gasteiger partial charge in [0.05, 0.1) is 38.3 Å². The summed E-state index contributed by atoms with van der Waals surface area (Å²) in [7, 11) is 2.43. The molecule has 0 aliphatic rings. The number of rotatable bonds is 8. The SMILES string of the molecule is CCOC(=O)c1cnc(SCC(=O)Nc2sc(C(=O)OC)c(C)c2C(=O)OC)[nH]1. The van der Waals surface area contributed by atoms with Gasteiger partial charge < -0.3 is 24.5 Å². The highest BCUT2D eigenvalue weighted by Gasteiger charge is 2.26. The van der Waals surface area contributed by atoms with Crippen LogP contribution in [0.4, 0.5) is 5.00 Å². The smallest absolute Gasteiger partial charge is 0.356 e. The van der Waals surface area contributed by atoms with Crippen LogP contribution in [0.2, 0.25) is 0 Å². The molecule has 2 N–H and O–H groups in total. The predicted molar refractivity (Wildman–Crippen MR) is 106 cm³/mol. The molecule has 29 heavy (non-hydrogen) atoms. The molecule has 12 heteroatoms. The number of carbonyl (C=O) groups excluding carboxylic acids is 4. The maximum atomic E-state index is 12.3. The topological polar surface area (TPSA) is 137 Å². The van der Waals surface area contributed by atoms with Crippen LogP contribution >= 0.6 is 23.1 Å². The molecule has 0 spiro atoms. The highest BCUT2D eigenvalue weighted by atomic mass is 32.2.